The van der Waals surface area contributed by atoms with Crippen molar-refractivity contribution in [3.63, 3.8) is 0 Å². The lowest BCUT2D eigenvalue weighted by Gasteiger charge is -2.25. The van der Waals surface area contributed by atoms with Gasteiger partial charge in [-0.3, -0.25) is 19.2 Å². The maximum Gasteiger partial charge on any atom is 0.326 e. The van der Waals surface area contributed by atoms with E-state index in [9.17, 15) is 34.2 Å². The van der Waals surface area contributed by atoms with E-state index < -0.39 is 60.3 Å². The van der Waals surface area contributed by atoms with Crippen LogP contribution >= 0.6 is 0 Å². The topological polar surface area (TPSA) is 180 Å². The van der Waals surface area contributed by atoms with Crippen molar-refractivity contribution in [2.24, 2.45) is 5.92 Å². The Morgan fingerprint density at radius 2 is 1.28 bits per heavy atom. The number of nitrogens with one attached hydrogen (secondary N) is 3. The van der Waals surface area contributed by atoms with Gasteiger partial charge >= 0.3 is 11.9 Å². The molecule has 0 radical (unpaired) electrons. The van der Waals surface area contributed by atoms with Gasteiger partial charge in [0.2, 0.25) is 17.7 Å². The average Bonchev–Trinajstić information content (AvgIpc) is 2.86. The van der Waals surface area contributed by atoms with Crippen LogP contribution in [0.2, 0.25) is 0 Å². The third-order valence-corrected chi connectivity index (χ3v) is 5.42. The number of carboxylic acid groups (broad SMARTS) is 1. The zero-order valence-electron chi connectivity index (χ0n) is 22.1. The molecule has 0 saturated heterocycles. The summed E-state index contributed by atoms with van der Waals surface area (Å²) in [5.74, 6) is -2.84. The molecule has 12 nitrogen and oxygen atoms in total. The van der Waals surface area contributed by atoms with Gasteiger partial charge in [-0.05, 0) is 47.9 Å². The van der Waals surface area contributed by atoms with Crippen molar-refractivity contribution in [2.75, 3.05) is 6.61 Å². The lowest BCUT2D eigenvalue weighted by molar-refractivity contribution is -0.143. The lowest BCUT2D eigenvalue weighted by Crippen LogP contribution is -2.57. The van der Waals surface area contributed by atoms with E-state index in [0.29, 0.717) is 22.8 Å². The van der Waals surface area contributed by atoms with Gasteiger partial charge in [0.15, 0.2) is 0 Å². The van der Waals surface area contributed by atoms with Gasteiger partial charge in [-0.1, -0.05) is 26.0 Å². The van der Waals surface area contributed by atoms with Crippen LogP contribution in [0.3, 0.4) is 0 Å². The first-order valence-electron chi connectivity index (χ1n) is 12.2. The van der Waals surface area contributed by atoms with Crippen molar-refractivity contribution in [1.29, 1.82) is 0 Å². The summed E-state index contributed by atoms with van der Waals surface area (Å²) in [7, 11) is 0. The highest BCUT2D eigenvalue weighted by atomic mass is 16.5. The summed E-state index contributed by atoms with van der Waals surface area (Å²) in [6, 6.07) is 9.37. The monoisotopic (exact) mass is 543 g/mol. The van der Waals surface area contributed by atoms with E-state index in [4.69, 9.17) is 9.47 Å². The first-order valence-corrected chi connectivity index (χ1v) is 12.2. The minimum absolute atomic E-state index is 0.0163. The second-order valence-electron chi connectivity index (χ2n) is 9.08. The van der Waals surface area contributed by atoms with Crippen LogP contribution in [0.15, 0.2) is 48.5 Å². The molecule has 0 unspecified atom stereocenters. The highest BCUT2D eigenvalue weighted by molar-refractivity contribution is 5.93. The van der Waals surface area contributed by atoms with E-state index >= 15 is 0 Å². The molecule has 3 amide bonds. The van der Waals surface area contributed by atoms with E-state index in [1.54, 1.807) is 62.4 Å². The standard InChI is InChI=1S/C27H33N3O9/c1-15(2)24(27(36)37)30-25(34)22(29-26(35)23(14-31)28-16(3)32)13-18-5-7-20(8-6-18)39-21-11-9-19(10-12-21)38-17(4)33/h5-12,15,22-24,31H,13-14H2,1-4H3,(H,28,32)(H,29,35)(H,30,34)(H,36,37)/t22-,23-,24-/m0/s1. The van der Waals surface area contributed by atoms with Gasteiger partial charge in [0.05, 0.1) is 6.61 Å². The number of amides is 3. The summed E-state index contributed by atoms with van der Waals surface area (Å²) >= 11 is 0. The van der Waals surface area contributed by atoms with E-state index in [1.807, 2.05) is 0 Å². The van der Waals surface area contributed by atoms with Crippen molar-refractivity contribution < 1.29 is 43.7 Å². The van der Waals surface area contributed by atoms with Crippen LogP contribution in [-0.4, -0.2) is 64.6 Å². The summed E-state index contributed by atoms with van der Waals surface area (Å²) in [6.45, 7) is 5.05. The van der Waals surface area contributed by atoms with Crippen molar-refractivity contribution >= 4 is 29.7 Å². The molecule has 0 fully saturated rings. The number of aliphatic hydroxyl groups is 1. The van der Waals surface area contributed by atoms with Gasteiger partial charge in [0.1, 0.15) is 35.4 Å². The highest BCUT2D eigenvalue weighted by Gasteiger charge is 2.30. The first kappa shape index (κ1) is 30.8. The van der Waals surface area contributed by atoms with E-state index in [2.05, 4.69) is 16.0 Å². The van der Waals surface area contributed by atoms with Crippen molar-refractivity contribution in [2.45, 2.75) is 52.2 Å². The fraction of sp³-hybridized carbons (Fsp3) is 0.370. The molecule has 0 saturated carbocycles. The third-order valence-electron chi connectivity index (χ3n) is 5.42. The Bertz CT molecular complexity index is 1160. The Hall–Kier alpha value is -4.45. The minimum Gasteiger partial charge on any atom is -0.480 e. The maximum atomic E-state index is 13.0. The van der Waals surface area contributed by atoms with Crippen LogP contribution in [0.5, 0.6) is 17.2 Å². The predicted octanol–water partition coefficient (Wildman–Crippen LogP) is 1.15. The first-order chi connectivity index (χ1) is 18.4. The molecule has 210 valence electrons. The van der Waals surface area contributed by atoms with Crippen molar-refractivity contribution in [3.8, 4) is 17.2 Å². The normalized spacial score (nSPS) is 13.0. The number of carboxylic acids is 1. The lowest BCUT2D eigenvalue weighted by atomic mass is 10.0. The van der Waals surface area contributed by atoms with Gasteiger partial charge in [0.25, 0.3) is 0 Å². The number of carbonyl (C=O) groups is 5. The SMILES string of the molecule is CC(=O)N[C@@H](CO)C(=O)N[C@@H](Cc1ccc(Oc2ccc(OC(C)=O)cc2)cc1)C(=O)N[C@H](C(=O)O)C(C)C. The number of aliphatic carboxylic acids is 1. The van der Waals surface area contributed by atoms with Crippen LogP contribution in [0.4, 0.5) is 0 Å². The Labute approximate surface area is 225 Å². The van der Waals surface area contributed by atoms with Crippen LogP contribution in [0.1, 0.15) is 33.3 Å². The molecule has 39 heavy (non-hydrogen) atoms. The van der Waals surface area contributed by atoms with Crippen LogP contribution in [0.25, 0.3) is 0 Å². The molecule has 0 aliphatic heterocycles. The zero-order valence-corrected chi connectivity index (χ0v) is 22.1. The minimum atomic E-state index is -1.29. The number of esters is 1. The molecule has 0 heterocycles. The maximum absolute atomic E-state index is 13.0. The van der Waals surface area contributed by atoms with Gasteiger partial charge in [-0.2, -0.15) is 0 Å². The molecule has 0 aromatic heterocycles. The average molecular weight is 544 g/mol. The fourth-order valence-corrected chi connectivity index (χ4v) is 3.50. The van der Waals surface area contributed by atoms with Crippen LogP contribution in [-0.2, 0) is 30.4 Å². The highest BCUT2D eigenvalue weighted by Crippen LogP contribution is 2.24. The predicted molar refractivity (Wildman–Crippen MR) is 139 cm³/mol. The number of hydrogen-bond acceptors (Lipinski definition) is 8. The second-order valence-corrected chi connectivity index (χ2v) is 9.08. The number of benzene rings is 2. The van der Waals surface area contributed by atoms with Gasteiger partial charge in [-0.25, -0.2) is 4.79 Å². The zero-order chi connectivity index (χ0) is 29.1. The summed E-state index contributed by atoms with van der Waals surface area (Å²) < 4.78 is 10.8. The fourth-order valence-electron chi connectivity index (χ4n) is 3.50. The molecule has 0 bridgehead atoms. The Kier molecular flexibility index (Phi) is 11.4. The van der Waals surface area contributed by atoms with Gasteiger partial charge in [0, 0.05) is 20.3 Å². The Morgan fingerprint density at radius 3 is 1.74 bits per heavy atom. The molecule has 0 aliphatic rings. The molecule has 0 aliphatic carbocycles. The number of carbonyl (C=O) groups excluding carboxylic acids is 4. The van der Waals surface area contributed by atoms with Crippen molar-refractivity contribution in [3.05, 3.63) is 54.1 Å². The quantitative estimate of drug-likeness (QED) is 0.183. The molecule has 5 N–H and O–H groups in total. The van der Waals surface area contributed by atoms with Gasteiger partial charge < -0.3 is 35.6 Å². The molecular formula is C27H33N3O9. The summed E-state index contributed by atoms with van der Waals surface area (Å²) in [4.78, 5) is 59.7. The molecular weight excluding hydrogens is 510 g/mol. The molecule has 2 rings (SSSR count). The number of aliphatic hydroxyl groups excluding tert-OH is 1. The molecule has 0 spiro atoms. The number of rotatable bonds is 13. The smallest absolute Gasteiger partial charge is 0.326 e. The van der Waals surface area contributed by atoms with E-state index in [1.165, 1.54) is 13.8 Å². The number of hydrogen-bond donors (Lipinski definition) is 5. The van der Waals surface area contributed by atoms with Crippen LogP contribution in [0, 0.1) is 5.92 Å². The Balaban J connectivity index is 2.18. The van der Waals surface area contributed by atoms with Crippen molar-refractivity contribution in [1.82, 2.24) is 16.0 Å². The molecule has 12 heteroatoms. The van der Waals surface area contributed by atoms with E-state index in [0.717, 1.165) is 0 Å². The van der Waals surface area contributed by atoms with Gasteiger partial charge in [-0.15, -0.1) is 0 Å². The largest absolute Gasteiger partial charge is 0.480 e. The van der Waals surface area contributed by atoms with E-state index in [-0.39, 0.29) is 6.42 Å². The van der Waals surface area contributed by atoms with Crippen LogP contribution < -0.4 is 25.4 Å². The Morgan fingerprint density at radius 1 is 0.769 bits per heavy atom. The summed E-state index contributed by atoms with van der Waals surface area (Å²) in [5, 5.41) is 26.2. The summed E-state index contributed by atoms with van der Waals surface area (Å²) in [5.41, 5.74) is 0.615. The summed E-state index contributed by atoms with van der Waals surface area (Å²) in [6.07, 6.45) is -0.0163. The second kappa shape index (κ2) is 14.5. The third kappa shape index (κ3) is 10.1. The molecule has 3 atom stereocenters. The number of ether oxygens (including phenoxy) is 2. The molecule has 2 aromatic carbocycles. The molecule has 2 aromatic rings.